The molecule has 0 saturated carbocycles. The molecule has 0 radical (unpaired) electrons. The number of furan rings is 1. The molecule has 1 aliphatic heterocycles. The lowest BCUT2D eigenvalue weighted by atomic mass is 10.2. The van der Waals surface area contributed by atoms with Gasteiger partial charge in [-0.15, -0.1) is 0 Å². The zero-order valence-electron chi connectivity index (χ0n) is 10.9. The number of nitrogens with zero attached hydrogens (tertiary/aromatic N) is 2. The van der Waals surface area contributed by atoms with Gasteiger partial charge >= 0.3 is 0 Å². The van der Waals surface area contributed by atoms with Gasteiger partial charge in [-0.1, -0.05) is 0 Å². The Morgan fingerprint density at radius 3 is 3.06 bits per heavy atom. The van der Waals surface area contributed by atoms with Crippen LogP contribution < -0.4 is 5.32 Å². The molecule has 1 atom stereocenters. The minimum absolute atomic E-state index is 0.567. The van der Waals surface area contributed by atoms with Gasteiger partial charge < -0.3 is 14.6 Å². The average molecular weight is 237 g/mol. The molecule has 1 fully saturated rings. The lowest BCUT2D eigenvalue weighted by Gasteiger charge is -2.30. The molecule has 1 aromatic rings. The van der Waals surface area contributed by atoms with Gasteiger partial charge in [0.1, 0.15) is 5.76 Å². The third-order valence-corrected chi connectivity index (χ3v) is 3.40. The molecule has 2 heterocycles. The lowest BCUT2D eigenvalue weighted by molar-refractivity contribution is 0.167. The van der Waals surface area contributed by atoms with Crippen molar-refractivity contribution in [2.75, 3.05) is 40.3 Å². The summed E-state index contributed by atoms with van der Waals surface area (Å²) in [7, 11) is 4.23. The first-order valence-electron chi connectivity index (χ1n) is 6.39. The molecule has 17 heavy (non-hydrogen) atoms. The van der Waals surface area contributed by atoms with Gasteiger partial charge in [-0.2, -0.15) is 0 Å². The largest absolute Gasteiger partial charge is 0.468 e. The molecular formula is C13H23N3O. The number of nitrogens with one attached hydrogen (secondary N) is 1. The van der Waals surface area contributed by atoms with Crippen LogP contribution in [0.3, 0.4) is 0 Å². The molecule has 0 spiro atoms. The normalized spacial score (nSPS) is 23.8. The van der Waals surface area contributed by atoms with Gasteiger partial charge in [0.05, 0.1) is 12.8 Å². The van der Waals surface area contributed by atoms with Gasteiger partial charge in [-0.25, -0.2) is 0 Å². The molecule has 96 valence electrons. The van der Waals surface area contributed by atoms with E-state index < -0.39 is 0 Å². The van der Waals surface area contributed by atoms with Crippen LogP contribution in [0.15, 0.2) is 22.8 Å². The van der Waals surface area contributed by atoms with Gasteiger partial charge in [0.15, 0.2) is 0 Å². The molecule has 1 aliphatic rings. The van der Waals surface area contributed by atoms with Crippen LogP contribution in [0.2, 0.25) is 0 Å². The van der Waals surface area contributed by atoms with Crippen molar-refractivity contribution < 1.29 is 4.42 Å². The van der Waals surface area contributed by atoms with E-state index in [0.717, 1.165) is 31.9 Å². The number of hydrogen-bond donors (Lipinski definition) is 1. The van der Waals surface area contributed by atoms with Crippen molar-refractivity contribution in [3.05, 3.63) is 24.2 Å². The highest BCUT2D eigenvalue weighted by molar-refractivity contribution is 4.99. The van der Waals surface area contributed by atoms with Crippen molar-refractivity contribution in [3.8, 4) is 0 Å². The second kappa shape index (κ2) is 6.19. The first kappa shape index (κ1) is 12.6. The van der Waals surface area contributed by atoms with E-state index in [1.54, 1.807) is 6.26 Å². The Morgan fingerprint density at radius 2 is 2.35 bits per heavy atom. The molecular weight excluding hydrogens is 214 g/mol. The van der Waals surface area contributed by atoms with Gasteiger partial charge in [0.2, 0.25) is 0 Å². The number of hydrogen-bond acceptors (Lipinski definition) is 4. The van der Waals surface area contributed by atoms with E-state index in [0.29, 0.717) is 6.04 Å². The highest BCUT2D eigenvalue weighted by atomic mass is 16.3. The second-order valence-corrected chi connectivity index (χ2v) is 4.88. The summed E-state index contributed by atoms with van der Waals surface area (Å²) in [6.07, 6.45) is 2.99. The fourth-order valence-corrected chi connectivity index (χ4v) is 2.53. The monoisotopic (exact) mass is 237 g/mol. The molecule has 1 aromatic heterocycles. The van der Waals surface area contributed by atoms with Crippen molar-refractivity contribution in [2.24, 2.45) is 0 Å². The van der Waals surface area contributed by atoms with E-state index in [1.807, 2.05) is 13.1 Å². The quantitative estimate of drug-likeness (QED) is 0.847. The van der Waals surface area contributed by atoms with E-state index in [-0.39, 0.29) is 0 Å². The predicted molar refractivity (Wildman–Crippen MR) is 68.9 cm³/mol. The second-order valence-electron chi connectivity index (χ2n) is 4.88. The first-order valence-corrected chi connectivity index (χ1v) is 6.39. The SMILES string of the molecule is CNCC1CN(C)CCCN1Cc1ccco1. The first-order chi connectivity index (χ1) is 8.29. The summed E-state index contributed by atoms with van der Waals surface area (Å²) in [5.41, 5.74) is 0. The van der Waals surface area contributed by atoms with Gasteiger partial charge in [0.25, 0.3) is 0 Å². The summed E-state index contributed by atoms with van der Waals surface area (Å²) in [5, 5.41) is 3.30. The zero-order chi connectivity index (χ0) is 12.1. The van der Waals surface area contributed by atoms with Crippen LogP contribution in [0.5, 0.6) is 0 Å². The fourth-order valence-electron chi connectivity index (χ4n) is 2.53. The molecule has 4 nitrogen and oxygen atoms in total. The van der Waals surface area contributed by atoms with Crippen molar-refractivity contribution in [1.29, 1.82) is 0 Å². The summed E-state index contributed by atoms with van der Waals surface area (Å²) in [5.74, 6) is 1.07. The lowest BCUT2D eigenvalue weighted by Crippen LogP contribution is -2.45. The van der Waals surface area contributed by atoms with Crippen molar-refractivity contribution in [1.82, 2.24) is 15.1 Å². The van der Waals surface area contributed by atoms with Gasteiger partial charge in [-0.3, -0.25) is 4.90 Å². The minimum atomic E-state index is 0.567. The summed E-state index contributed by atoms with van der Waals surface area (Å²) < 4.78 is 5.45. The van der Waals surface area contributed by atoms with E-state index >= 15 is 0 Å². The van der Waals surface area contributed by atoms with Crippen molar-refractivity contribution in [2.45, 2.75) is 19.0 Å². The predicted octanol–water partition coefficient (Wildman–Crippen LogP) is 1.01. The molecule has 4 heteroatoms. The Morgan fingerprint density at radius 1 is 1.47 bits per heavy atom. The summed E-state index contributed by atoms with van der Waals surface area (Å²) in [4.78, 5) is 4.95. The van der Waals surface area contributed by atoms with Crippen LogP contribution in [0.1, 0.15) is 12.2 Å². The Balaban J connectivity index is 2.00. The van der Waals surface area contributed by atoms with Crippen LogP contribution in [0.25, 0.3) is 0 Å². The summed E-state index contributed by atoms with van der Waals surface area (Å²) in [6.45, 7) is 5.42. The van der Waals surface area contributed by atoms with Crippen LogP contribution in [-0.2, 0) is 6.54 Å². The molecule has 1 N–H and O–H groups in total. The number of rotatable bonds is 4. The maximum atomic E-state index is 5.45. The molecule has 1 unspecified atom stereocenters. The molecule has 0 bridgehead atoms. The number of likely N-dealkylation sites (N-methyl/N-ethyl adjacent to an activating group) is 2. The Bertz CT molecular complexity index is 312. The minimum Gasteiger partial charge on any atom is -0.468 e. The molecule has 0 amide bonds. The van der Waals surface area contributed by atoms with E-state index in [1.165, 1.54) is 13.0 Å². The Hall–Kier alpha value is -0.840. The van der Waals surface area contributed by atoms with E-state index in [4.69, 9.17) is 4.42 Å². The Labute approximate surface area is 104 Å². The third kappa shape index (κ3) is 3.56. The van der Waals surface area contributed by atoms with Gasteiger partial charge in [0, 0.05) is 25.7 Å². The standard InChI is InChI=1S/C13H23N3O/c1-14-9-12-10-15(2)6-4-7-16(12)11-13-5-3-8-17-13/h3,5,8,12,14H,4,6-7,9-11H2,1-2H3. The maximum absolute atomic E-state index is 5.45. The van der Waals surface area contributed by atoms with Crippen LogP contribution >= 0.6 is 0 Å². The topological polar surface area (TPSA) is 31.6 Å². The average Bonchev–Trinajstić information content (AvgIpc) is 2.74. The fraction of sp³-hybridized carbons (Fsp3) is 0.692. The highest BCUT2D eigenvalue weighted by Gasteiger charge is 2.23. The van der Waals surface area contributed by atoms with E-state index in [2.05, 4.69) is 28.2 Å². The van der Waals surface area contributed by atoms with Crippen molar-refractivity contribution in [3.63, 3.8) is 0 Å². The maximum Gasteiger partial charge on any atom is 0.117 e. The summed E-state index contributed by atoms with van der Waals surface area (Å²) in [6, 6.07) is 4.59. The van der Waals surface area contributed by atoms with Crippen molar-refractivity contribution >= 4 is 0 Å². The third-order valence-electron chi connectivity index (χ3n) is 3.40. The molecule has 1 saturated heterocycles. The van der Waals surface area contributed by atoms with Crippen LogP contribution in [0.4, 0.5) is 0 Å². The van der Waals surface area contributed by atoms with Gasteiger partial charge in [-0.05, 0) is 39.2 Å². The summed E-state index contributed by atoms with van der Waals surface area (Å²) >= 11 is 0. The van der Waals surface area contributed by atoms with E-state index in [9.17, 15) is 0 Å². The zero-order valence-corrected chi connectivity index (χ0v) is 10.9. The molecule has 0 aromatic carbocycles. The molecule has 0 aliphatic carbocycles. The highest BCUT2D eigenvalue weighted by Crippen LogP contribution is 2.13. The molecule has 2 rings (SSSR count). The van der Waals surface area contributed by atoms with Crippen LogP contribution in [-0.4, -0.2) is 56.1 Å². The smallest absolute Gasteiger partial charge is 0.117 e. The Kier molecular flexibility index (Phi) is 4.59. The van der Waals surface area contributed by atoms with Crippen LogP contribution in [0, 0.1) is 0 Å².